The Kier molecular flexibility index (Phi) is 6.04. The Labute approximate surface area is 209 Å². The molecule has 1 aliphatic carbocycles. The van der Waals surface area contributed by atoms with E-state index in [9.17, 15) is 23.3 Å². The number of hydrogen-bond donors (Lipinski definition) is 0. The maximum atomic E-state index is 13.6. The van der Waals surface area contributed by atoms with E-state index in [0.717, 1.165) is 11.3 Å². The van der Waals surface area contributed by atoms with E-state index in [1.54, 1.807) is 0 Å². The predicted octanol–water partition coefficient (Wildman–Crippen LogP) is 4.52. The van der Waals surface area contributed by atoms with Crippen molar-refractivity contribution in [3.05, 3.63) is 87.2 Å². The first-order chi connectivity index (χ1) is 17.1. The zero-order valence-corrected chi connectivity index (χ0v) is 21.1. The summed E-state index contributed by atoms with van der Waals surface area (Å²) in [6, 6.07) is 14.2. The molecule has 1 aromatic heterocycles. The second kappa shape index (κ2) is 8.94. The Bertz CT molecular complexity index is 1430. The topological polar surface area (TPSA) is 115 Å². The number of Topliss-reactive ketones (excluding diaryl/α,β-unsaturated/α-hetero) is 1. The summed E-state index contributed by atoms with van der Waals surface area (Å²) in [5.74, 6) is -0.00449. The van der Waals surface area contributed by atoms with Crippen LogP contribution in [0, 0.1) is 15.5 Å². The molecular weight excluding hydrogens is 480 g/mol. The zero-order valence-electron chi connectivity index (χ0n) is 20.3. The number of sulfonamides is 1. The Balaban J connectivity index is 1.56. The van der Waals surface area contributed by atoms with Crippen molar-refractivity contribution in [3.63, 3.8) is 0 Å². The maximum absolute atomic E-state index is 13.6. The van der Waals surface area contributed by atoms with Crippen molar-refractivity contribution in [3.8, 4) is 0 Å². The van der Waals surface area contributed by atoms with E-state index in [0.29, 0.717) is 50.0 Å². The smallest absolute Gasteiger partial charge is 0.269 e. The molecule has 0 spiro atoms. The molecule has 0 amide bonds. The predicted molar refractivity (Wildman–Crippen MR) is 133 cm³/mol. The summed E-state index contributed by atoms with van der Waals surface area (Å²) in [5.41, 5.74) is 2.59. The van der Waals surface area contributed by atoms with E-state index in [-0.39, 0.29) is 21.8 Å². The van der Waals surface area contributed by atoms with Crippen molar-refractivity contribution in [1.82, 2.24) is 14.1 Å². The number of nitrogens with zero attached hydrogens (tertiary/aromatic N) is 4. The Morgan fingerprint density at radius 3 is 2.44 bits per heavy atom. The minimum absolute atomic E-state index is 0.00449. The lowest BCUT2D eigenvalue weighted by atomic mass is 9.75. The van der Waals surface area contributed by atoms with Gasteiger partial charge in [-0.3, -0.25) is 19.6 Å². The molecule has 1 atom stereocenters. The van der Waals surface area contributed by atoms with Crippen LogP contribution < -0.4 is 0 Å². The van der Waals surface area contributed by atoms with Gasteiger partial charge in [-0.25, -0.2) is 8.42 Å². The van der Waals surface area contributed by atoms with Crippen LogP contribution >= 0.6 is 0 Å². The van der Waals surface area contributed by atoms with Crippen molar-refractivity contribution in [2.24, 2.45) is 5.41 Å². The highest BCUT2D eigenvalue weighted by atomic mass is 32.2. The molecule has 0 bridgehead atoms. The highest BCUT2D eigenvalue weighted by Crippen LogP contribution is 2.43. The van der Waals surface area contributed by atoms with Crippen molar-refractivity contribution in [2.75, 3.05) is 6.54 Å². The molecule has 0 N–H and O–H groups in total. The average molecular weight is 509 g/mol. The van der Waals surface area contributed by atoms with Crippen molar-refractivity contribution < 1.29 is 18.1 Å². The third-order valence-corrected chi connectivity index (χ3v) is 8.92. The summed E-state index contributed by atoms with van der Waals surface area (Å²) >= 11 is 0. The first-order valence-corrected chi connectivity index (χ1v) is 13.4. The normalized spacial score (nSPS) is 19.8. The SMILES string of the molecule is CC1(C)CC(=O)c2c([C@H]3CCCN3S(=O)(=O)c3ccc([N+](=O)[O-])cc3)nn(Cc3ccccc3)c2C1. The molecule has 2 aromatic carbocycles. The lowest BCUT2D eigenvalue weighted by molar-refractivity contribution is -0.384. The molecule has 9 nitrogen and oxygen atoms in total. The van der Waals surface area contributed by atoms with Gasteiger partial charge in [-0.05, 0) is 42.4 Å². The minimum Gasteiger partial charge on any atom is -0.294 e. The fourth-order valence-corrected chi connectivity index (χ4v) is 7.00. The monoisotopic (exact) mass is 508 g/mol. The van der Waals surface area contributed by atoms with Crippen LogP contribution in [-0.4, -0.2) is 39.8 Å². The lowest BCUT2D eigenvalue weighted by Gasteiger charge is -2.30. The fourth-order valence-electron chi connectivity index (χ4n) is 5.34. The van der Waals surface area contributed by atoms with Gasteiger partial charge in [0.05, 0.1) is 39.4 Å². The third-order valence-electron chi connectivity index (χ3n) is 7.00. The Hall–Kier alpha value is -3.37. The van der Waals surface area contributed by atoms with Gasteiger partial charge in [0.1, 0.15) is 0 Å². The van der Waals surface area contributed by atoms with Crippen LogP contribution in [-0.2, 0) is 23.0 Å². The summed E-state index contributed by atoms with van der Waals surface area (Å²) in [5, 5.41) is 15.9. The summed E-state index contributed by atoms with van der Waals surface area (Å²) in [6.45, 7) is 4.92. The molecule has 2 aliphatic rings. The van der Waals surface area contributed by atoms with Crippen molar-refractivity contribution >= 4 is 21.5 Å². The Morgan fingerprint density at radius 1 is 1.08 bits per heavy atom. The standard InChI is InChI=1S/C26H28N4O5S/c1-26(2)15-22-24(23(31)16-26)25(27-28(22)17-18-7-4-3-5-8-18)21-9-6-14-29(21)36(34,35)20-12-10-19(11-13-20)30(32)33/h3-5,7-8,10-13,21H,6,9,14-17H2,1-2H3/t21-/m1/s1. The van der Waals surface area contributed by atoms with Gasteiger partial charge in [0, 0.05) is 25.1 Å². The number of hydrogen-bond acceptors (Lipinski definition) is 6. The second-order valence-corrected chi connectivity index (χ2v) is 12.2. The lowest BCUT2D eigenvalue weighted by Crippen LogP contribution is -2.33. The van der Waals surface area contributed by atoms with E-state index in [2.05, 4.69) is 13.8 Å². The van der Waals surface area contributed by atoms with Gasteiger partial charge in [-0.1, -0.05) is 44.2 Å². The molecule has 188 valence electrons. The van der Waals surface area contributed by atoms with Crippen LogP contribution in [0.1, 0.15) is 66.5 Å². The van der Waals surface area contributed by atoms with Crippen LogP contribution in [0.4, 0.5) is 5.69 Å². The van der Waals surface area contributed by atoms with Crippen LogP contribution in [0.3, 0.4) is 0 Å². The van der Waals surface area contributed by atoms with Crippen molar-refractivity contribution in [2.45, 2.75) is 57.0 Å². The van der Waals surface area contributed by atoms with Gasteiger partial charge in [-0.2, -0.15) is 9.40 Å². The molecular formula is C26H28N4O5S. The molecule has 2 heterocycles. The molecule has 1 aliphatic heterocycles. The van der Waals surface area contributed by atoms with Gasteiger partial charge in [0.25, 0.3) is 5.69 Å². The molecule has 1 fully saturated rings. The highest BCUT2D eigenvalue weighted by molar-refractivity contribution is 7.89. The average Bonchev–Trinajstić information content (AvgIpc) is 3.45. The number of carbonyl (C=O) groups is 1. The van der Waals surface area contributed by atoms with Crippen LogP contribution in [0.2, 0.25) is 0 Å². The molecule has 1 saturated heterocycles. The molecule has 3 aromatic rings. The molecule has 10 heteroatoms. The quantitative estimate of drug-likeness (QED) is 0.357. The third kappa shape index (κ3) is 4.35. The summed E-state index contributed by atoms with van der Waals surface area (Å²) in [4.78, 5) is 23.8. The van der Waals surface area contributed by atoms with Crippen LogP contribution in [0.25, 0.3) is 0 Å². The minimum atomic E-state index is -3.94. The highest BCUT2D eigenvalue weighted by Gasteiger charge is 2.43. The van der Waals surface area contributed by atoms with Gasteiger partial charge in [0.2, 0.25) is 10.0 Å². The molecule has 0 saturated carbocycles. The number of nitro groups is 1. The van der Waals surface area contributed by atoms with Gasteiger partial charge in [-0.15, -0.1) is 0 Å². The summed E-state index contributed by atoms with van der Waals surface area (Å²) < 4.78 is 30.4. The van der Waals surface area contributed by atoms with Crippen LogP contribution in [0.5, 0.6) is 0 Å². The Morgan fingerprint density at radius 2 is 1.78 bits per heavy atom. The van der Waals surface area contributed by atoms with E-state index >= 15 is 0 Å². The number of non-ortho nitro benzene ring substituents is 1. The molecule has 5 rings (SSSR count). The number of nitro benzene ring substituents is 1. The number of carbonyl (C=O) groups excluding carboxylic acids is 1. The number of ketones is 1. The van der Waals surface area contributed by atoms with Gasteiger partial charge >= 0.3 is 0 Å². The van der Waals surface area contributed by atoms with Gasteiger partial charge in [0.15, 0.2) is 5.78 Å². The largest absolute Gasteiger partial charge is 0.294 e. The number of fused-ring (bicyclic) bond motifs is 1. The maximum Gasteiger partial charge on any atom is 0.269 e. The van der Waals surface area contributed by atoms with E-state index < -0.39 is 21.0 Å². The number of rotatable bonds is 6. The number of aromatic nitrogens is 2. The summed E-state index contributed by atoms with van der Waals surface area (Å²) in [6.07, 6.45) is 2.25. The first-order valence-electron chi connectivity index (χ1n) is 12.0. The zero-order chi connectivity index (χ0) is 25.7. The van der Waals surface area contributed by atoms with Crippen molar-refractivity contribution in [1.29, 1.82) is 0 Å². The molecule has 0 unspecified atom stereocenters. The van der Waals surface area contributed by atoms with Gasteiger partial charge < -0.3 is 0 Å². The van der Waals surface area contributed by atoms with E-state index in [1.807, 2.05) is 35.0 Å². The molecule has 0 radical (unpaired) electrons. The second-order valence-electron chi connectivity index (χ2n) is 10.3. The fraction of sp³-hybridized carbons (Fsp3) is 0.385. The molecule has 36 heavy (non-hydrogen) atoms. The van der Waals surface area contributed by atoms with E-state index in [1.165, 1.54) is 28.6 Å². The van der Waals surface area contributed by atoms with Crippen LogP contribution in [0.15, 0.2) is 59.5 Å². The number of benzene rings is 2. The first kappa shape index (κ1) is 24.3. The van der Waals surface area contributed by atoms with E-state index in [4.69, 9.17) is 5.10 Å². The summed E-state index contributed by atoms with van der Waals surface area (Å²) in [7, 11) is -3.94.